The summed E-state index contributed by atoms with van der Waals surface area (Å²) >= 11 is 0. The van der Waals surface area contributed by atoms with Crippen LogP contribution in [0.4, 0.5) is 0 Å². The summed E-state index contributed by atoms with van der Waals surface area (Å²) in [7, 11) is 0. The van der Waals surface area contributed by atoms with Gasteiger partial charge in [0, 0.05) is 22.0 Å². The highest BCUT2D eigenvalue weighted by Gasteiger charge is 2.70. The summed E-state index contributed by atoms with van der Waals surface area (Å²) in [5.41, 5.74) is 4.69. The predicted molar refractivity (Wildman–Crippen MR) is 136 cm³/mol. The molecule has 2 aromatic rings. The minimum Gasteiger partial charge on any atom is -0.388 e. The van der Waals surface area contributed by atoms with Crippen molar-refractivity contribution in [3.63, 3.8) is 0 Å². The minimum atomic E-state index is -0.106. The van der Waals surface area contributed by atoms with Crippen LogP contribution in [0.2, 0.25) is 0 Å². The Balaban J connectivity index is 1.78. The molecule has 4 aliphatic rings. The Morgan fingerprint density at radius 3 is 1.57 bits per heavy atom. The number of benzene rings is 2. The maximum absolute atomic E-state index is 9.48. The van der Waals surface area contributed by atoms with Crippen LogP contribution in [0.1, 0.15) is 88.5 Å². The first-order valence-electron chi connectivity index (χ1n) is 12.7. The first kappa shape index (κ1) is 23.7. The second-order valence-electron chi connectivity index (χ2n) is 13.3. The van der Waals surface area contributed by atoms with Gasteiger partial charge in [0.1, 0.15) is 11.5 Å². The third-order valence-corrected chi connectivity index (χ3v) is 9.64. The smallest absolute Gasteiger partial charge is 0.292 e. The SMILES string of the molecule is Cc1ccc(C23CC4(C)CC(c5ccc(C)cc5OC#N)(C2)CC(C(C)(C)C)(C4)C3)c(OC#N)c1. The van der Waals surface area contributed by atoms with E-state index < -0.39 is 0 Å². The molecule has 4 fully saturated rings. The van der Waals surface area contributed by atoms with Crippen molar-refractivity contribution in [2.75, 3.05) is 0 Å². The molecule has 0 spiro atoms. The Labute approximate surface area is 209 Å². The van der Waals surface area contributed by atoms with Crippen molar-refractivity contribution in [3.05, 3.63) is 58.7 Å². The van der Waals surface area contributed by atoms with Crippen LogP contribution in [0.25, 0.3) is 0 Å². The van der Waals surface area contributed by atoms with Gasteiger partial charge in [-0.2, -0.15) is 0 Å². The maximum atomic E-state index is 9.48. The highest BCUT2D eigenvalue weighted by atomic mass is 16.5. The van der Waals surface area contributed by atoms with Crippen LogP contribution in [0.5, 0.6) is 11.5 Å². The molecule has 4 heteroatoms. The van der Waals surface area contributed by atoms with Gasteiger partial charge < -0.3 is 9.47 Å². The molecule has 4 aliphatic carbocycles. The number of rotatable bonds is 4. The molecule has 4 bridgehead atoms. The van der Waals surface area contributed by atoms with Gasteiger partial charge in [-0.15, -0.1) is 10.5 Å². The van der Waals surface area contributed by atoms with E-state index in [0.717, 1.165) is 43.2 Å². The van der Waals surface area contributed by atoms with Gasteiger partial charge in [0.2, 0.25) is 0 Å². The molecule has 0 radical (unpaired) electrons. The number of hydrogen-bond donors (Lipinski definition) is 0. The molecule has 0 amide bonds. The molecule has 4 saturated carbocycles. The van der Waals surface area contributed by atoms with Gasteiger partial charge in [-0.05, 0) is 91.9 Å². The zero-order valence-corrected chi connectivity index (χ0v) is 21.9. The molecule has 0 aromatic heterocycles. The quantitative estimate of drug-likeness (QED) is 0.433. The Kier molecular flexibility index (Phi) is 5.09. The molecule has 4 nitrogen and oxygen atoms in total. The lowest BCUT2D eigenvalue weighted by molar-refractivity contribution is -0.177. The summed E-state index contributed by atoms with van der Waals surface area (Å²) in [4.78, 5) is 0. The summed E-state index contributed by atoms with van der Waals surface area (Å²) < 4.78 is 11.2. The second kappa shape index (κ2) is 7.51. The van der Waals surface area contributed by atoms with E-state index in [1.54, 1.807) is 0 Å². The number of aryl methyl sites for hydroxylation is 2. The van der Waals surface area contributed by atoms with Gasteiger partial charge in [-0.1, -0.05) is 52.0 Å². The lowest BCUT2D eigenvalue weighted by Gasteiger charge is -2.73. The van der Waals surface area contributed by atoms with Crippen LogP contribution in [0, 0.1) is 53.1 Å². The van der Waals surface area contributed by atoms with Crippen LogP contribution in [0.15, 0.2) is 36.4 Å². The van der Waals surface area contributed by atoms with E-state index in [2.05, 4.69) is 52.0 Å². The van der Waals surface area contributed by atoms with Gasteiger partial charge in [0.15, 0.2) is 0 Å². The van der Waals surface area contributed by atoms with Crippen molar-refractivity contribution >= 4 is 0 Å². The van der Waals surface area contributed by atoms with Crippen molar-refractivity contribution < 1.29 is 9.47 Å². The van der Waals surface area contributed by atoms with Crippen molar-refractivity contribution in [3.8, 4) is 24.0 Å². The van der Waals surface area contributed by atoms with E-state index >= 15 is 0 Å². The summed E-state index contributed by atoms with van der Waals surface area (Å²) in [5.74, 6) is 1.41. The Morgan fingerprint density at radius 1 is 0.714 bits per heavy atom. The Morgan fingerprint density at radius 2 is 1.17 bits per heavy atom. The molecule has 182 valence electrons. The molecule has 0 N–H and O–H groups in total. The molecule has 0 saturated heterocycles. The molecular formula is C31H36N2O2. The van der Waals surface area contributed by atoms with Gasteiger partial charge in [-0.3, -0.25) is 0 Å². The molecule has 2 unspecified atom stereocenters. The third-order valence-electron chi connectivity index (χ3n) is 9.64. The average Bonchev–Trinajstić information content (AvgIpc) is 2.71. The topological polar surface area (TPSA) is 66.0 Å². The predicted octanol–water partition coefficient (Wildman–Crippen LogP) is 7.62. The zero-order chi connectivity index (χ0) is 25.3. The van der Waals surface area contributed by atoms with Gasteiger partial charge >= 0.3 is 0 Å². The third kappa shape index (κ3) is 3.53. The molecular weight excluding hydrogens is 432 g/mol. The second-order valence-corrected chi connectivity index (χ2v) is 13.3. The molecule has 6 rings (SSSR count). The van der Waals surface area contributed by atoms with Gasteiger partial charge in [-0.25, -0.2) is 0 Å². The standard InChI is InChI=1S/C31H36N2O2/c1-21-7-9-23(25(11-21)34-19-32)29-13-28(6)14-30(16-29,18-31(15-28,17-29)27(3,4)5)24-10-8-22(2)12-26(24)35-20-33/h7-12H,13-18H2,1-6H3. The average molecular weight is 469 g/mol. The normalized spacial score (nSPS) is 33.1. The van der Waals surface area contributed by atoms with Crippen LogP contribution < -0.4 is 9.47 Å². The van der Waals surface area contributed by atoms with E-state index in [4.69, 9.17) is 9.47 Å². The van der Waals surface area contributed by atoms with E-state index in [1.807, 2.05) is 38.5 Å². The zero-order valence-electron chi connectivity index (χ0n) is 21.9. The van der Waals surface area contributed by atoms with Gasteiger partial charge in [0.25, 0.3) is 12.5 Å². The lowest BCUT2D eigenvalue weighted by atomic mass is 9.31. The summed E-state index contributed by atoms with van der Waals surface area (Å²) in [6, 6.07) is 12.8. The summed E-state index contributed by atoms with van der Waals surface area (Å²) in [5, 5.41) is 19.0. The first-order chi connectivity index (χ1) is 16.4. The van der Waals surface area contributed by atoms with Crippen LogP contribution >= 0.6 is 0 Å². The van der Waals surface area contributed by atoms with E-state index in [0.29, 0.717) is 11.5 Å². The van der Waals surface area contributed by atoms with Crippen LogP contribution in [-0.4, -0.2) is 0 Å². The number of hydrogen-bond acceptors (Lipinski definition) is 4. The molecule has 2 aromatic carbocycles. The van der Waals surface area contributed by atoms with Crippen molar-refractivity contribution in [2.45, 2.75) is 90.9 Å². The molecule has 35 heavy (non-hydrogen) atoms. The number of nitrogens with zero attached hydrogens (tertiary/aromatic N) is 2. The maximum Gasteiger partial charge on any atom is 0.292 e. The highest BCUT2D eigenvalue weighted by Crippen LogP contribution is 2.78. The summed E-state index contributed by atoms with van der Waals surface area (Å²) in [6.07, 6.45) is 10.4. The monoisotopic (exact) mass is 468 g/mol. The number of ether oxygens (including phenoxy) is 2. The fraction of sp³-hybridized carbons (Fsp3) is 0.548. The van der Waals surface area contributed by atoms with Crippen LogP contribution in [0.3, 0.4) is 0 Å². The Hall–Kier alpha value is -2.98. The van der Waals surface area contributed by atoms with E-state index in [9.17, 15) is 10.5 Å². The fourth-order valence-electron chi connectivity index (χ4n) is 8.91. The van der Waals surface area contributed by atoms with Crippen molar-refractivity contribution in [1.82, 2.24) is 0 Å². The molecule has 0 aliphatic heterocycles. The van der Waals surface area contributed by atoms with Crippen LogP contribution in [-0.2, 0) is 10.8 Å². The molecule has 0 heterocycles. The van der Waals surface area contributed by atoms with Crippen molar-refractivity contribution in [1.29, 1.82) is 10.5 Å². The largest absolute Gasteiger partial charge is 0.388 e. The Bertz CT molecular complexity index is 1190. The van der Waals surface area contributed by atoms with Crippen molar-refractivity contribution in [2.24, 2.45) is 16.2 Å². The molecule has 2 atom stereocenters. The lowest BCUT2D eigenvalue weighted by Crippen LogP contribution is -2.66. The number of nitriles is 2. The summed E-state index contributed by atoms with van der Waals surface area (Å²) in [6.45, 7) is 13.8. The van der Waals surface area contributed by atoms with Gasteiger partial charge in [0.05, 0.1) is 0 Å². The van der Waals surface area contributed by atoms with E-state index in [-0.39, 0.29) is 27.1 Å². The highest BCUT2D eigenvalue weighted by molar-refractivity contribution is 5.51. The van der Waals surface area contributed by atoms with E-state index in [1.165, 1.54) is 17.5 Å². The first-order valence-corrected chi connectivity index (χ1v) is 12.7. The fourth-order valence-corrected chi connectivity index (χ4v) is 8.91. The minimum absolute atomic E-state index is 0.105.